The molecule has 0 radical (unpaired) electrons. The molecule has 0 saturated heterocycles. The number of rotatable bonds is 7. The van der Waals surface area contributed by atoms with Gasteiger partial charge in [-0.1, -0.05) is 59.7 Å². The monoisotopic (exact) mass is 386 g/mol. The fraction of sp³-hybridized carbons (Fsp3) is 0.273. The molecule has 0 aliphatic rings. The van der Waals surface area contributed by atoms with Gasteiger partial charge in [-0.3, -0.25) is 0 Å². The lowest BCUT2D eigenvalue weighted by molar-refractivity contribution is -0.0996. The zero-order chi connectivity index (χ0) is 20.8. The summed E-state index contributed by atoms with van der Waals surface area (Å²) in [6, 6.07) is 14.1. The van der Waals surface area contributed by atoms with Gasteiger partial charge in [-0.25, -0.2) is 0 Å². The molecule has 0 bridgehead atoms. The molecule has 0 saturated carbocycles. The summed E-state index contributed by atoms with van der Waals surface area (Å²) in [7, 11) is 0. The van der Waals surface area contributed by atoms with Gasteiger partial charge in [-0.05, 0) is 37.1 Å². The first-order valence-corrected chi connectivity index (χ1v) is 8.85. The minimum Gasteiger partial charge on any atom is -0.509 e. The first-order chi connectivity index (χ1) is 13.2. The van der Waals surface area contributed by atoms with Gasteiger partial charge < -0.3 is 30.6 Å². The van der Waals surface area contributed by atoms with Gasteiger partial charge in [0.15, 0.2) is 0 Å². The van der Waals surface area contributed by atoms with Crippen LogP contribution < -0.4 is 0 Å². The quantitative estimate of drug-likeness (QED) is 0.406. The summed E-state index contributed by atoms with van der Waals surface area (Å²) in [5, 5.41) is 60.4. The fourth-order valence-electron chi connectivity index (χ4n) is 2.56. The number of aliphatic hydroxyl groups is 6. The first-order valence-electron chi connectivity index (χ1n) is 8.85. The third kappa shape index (κ3) is 5.68. The Balaban J connectivity index is 2.09. The molecule has 2 aromatic rings. The second-order valence-electron chi connectivity index (χ2n) is 6.83. The van der Waals surface area contributed by atoms with Crippen molar-refractivity contribution in [1.29, 1.82) is 0 Å². The third-order valence-corrected chi connectivity index (χ3v) is 4.39. The predicted molar refractivity (Wildman–Crippen MR) is 108 cm³/mol. The Labute approximate surface area is 164 Å². The highest BCUT2D eigenvalue weighted by molar-refractivity contribution is 5.53. The molecule has 6 nitrogen and oxygen atoms in total. The van der Waals surface area contributed by atoms with Crippen molar-refractivity contribution in [2.24, 2.45) is 0 Å². The Morgan fingerprint density at radius 2 is 0.893 bits per heavy atom. The molecule has 4 atom stereocenters. The fourth-order valence-corrected chi connectivity index (χ4v) is 2.56. The average Bonchev–Trinajstić information content (AvgIpc) is 2.69. The molecule has 0 aliphatic heterocycles. The molecule has 0 unspecified atom stereocenters. The lowest BCUT2D eigenvalue weighted by Gasteiger charge is -2.26. The van der Waals surface area contributed by atoms with E-state index in [1.54, 1.807) is 24.3 Å². The van der Waals surface area contributed by atoms with Crippen molar-refractivity contribution in [3.05, 3.63) is 82.3 Å². The van der Waals surface area contributed by atoms with Crippen molar-refractivity contribution in [2.75, 3.05) is 0 Å². The molecular formula is C22H26O6. The number of aliphatic hydroxyl groups excluding tert-OH is 6. The summed E-state index contributed by atoms with van der Waals surface area (Å²) >= 11 is 0. The van der Waals surface area contributed by atoms with Gasteiger partial charge in [-0.2, -0.15) is 0 Å². The van der Waals surface area contributed by atoms with Crippen LogP contribution in [-0.4, -0.2) is 55.1 Å². The average molecular weight is 386 g/mol. The second kappa shape index (κ2) is 9.52. The third-order valence-electron chi connectivity index (χ3n) is 4.39. The summed E-state index contributed by atoms with van der Waals surface area (Å²) in [5.74, 6) is -1.16. The molecule has 2 rings (SSSR count). The van der Waals surface area contributed by atoms with E-state index in [9.17, 15) is 30.6 Å². The van der Waals surface area contributed by atoms with Crippen LogP contribution in [0.25, 0.3) is 12.2 Å². The summed E-state index contributed by atoms with van der Waals surface area (Å²) in [6.07, 6.45) is -5.06. The molecule has 0 aromatic heterocycles. The number of hydrogen-bond acceptors (Lipinski definition) is 6. The largest absolute Gasteiger partial charge is 0.509 e. The zero-order valence-electron chi connectivity index (χ0n) is 15.8. The minimum atomic E-state index is -1.93. The number of hydrogen-bond donors (Lipinski definition) is 6. The van der Waals surface area contributed by atoms with Crippen LogP contribution in [-0.2, 0) is 0 Å². The van der Waals surface area contributed by atoms with Crippen LogP contribution in [0.15, 0.2) is 60.0 Å². The molecule has 28 heavy (non-hydrogen) atoms. The Hall–Kier alpha value is -2.64. The van der Waals surface area contributed by atoms with E-state index in [4.69, 9.17) is 0 Å². The van der Waals surface area contributed by atoms with E-state index in [1.807, 2.05) is 38.1 Å². The molecule has 150 valence electrons. The molecule has 0 fully saturated rings. The van der Waals surface area contributed by atoms with Gasteiger partial charge in [0.2, 0.25) is 0 Å². The molecule has 0 heterocycles. The van der Waals surface area contributed by atoms with Crippen molar-refractivity contribution in [3.8, 4) is 0 Å². The van der Waals surface area contributed by atoms with E-state index in [-0.39, 0.29) is 0 Å². The highest BCUT2D eigenvalue weighted by Crippen LogP contribution is 2.18. The number of aryl methyl sites for hydroxylation is 2. The van der Waals surface area contributed by atoms with Crippen LogP contribution in [0.4, 0.5) is 0 Å². The Bertz CT molecular complexity index is 752. The van der Waals surface area contributed by atoms with Gasteiger partial charge in [-0.15, -0.1) is 0 Å². The maximum Gasteiger partial charge on any atom is 0.139 e. The lowest BCUT2D eigenvalue weighted by Crippen LogP contribution is -2.45. The summed E-state index contributed by atoms with van der Waals surface area (Å²) in [5.41, 5.74) is 3.22. The SMILES string of the molecule is Cc1ccc(C=C(O)[C@@H](O)[C@@H](O)[C@H](O)[C@@H](O)C(O)=Cc2ccc(C)cc2)cc1. The van der Waals surface area contributed by atoms with Gasteiger partial charge in [0, 0.05) is 0 Å². The standard InChI is InChI=1S/C22H26O6/c1-13-3-7-15(8-4-13)11-17(23)19(25)21(27)22(28)20(26)18(24)12-16-9-5-14(2)6-10-16/h3-12,19-28H,1-2H3/t19-,20+,21-,22-/m1/s1. The van der Waals surface area contributed by atoms with Crippen LogP contribution in [0.1, 0.15) is 22.3 Å². The van der Waals surface area contributed by atoms with Gasteiger partial charge in [0.05, 0.1) is 0 Å². The first kappa shape index (κ1) is 21.7. The topological polar surface area (TPSA) is 121 Å². The molecule has 6 N–H and O–H groups in total. The van der Waals surface area contributed by atoms with Gasteiger partial charge in [0.25, 0.3) is 0 Å². The van der Waals surface area contributed by atoms with Crippen molar-refractivity contribution < 1.29 is 30.6 Å². The van der Waals surface area contributed by atoms with E-state index >= 15 is 0 Å². The minimum absolute atomic E-state index is 0.579. The van der Waals surface area contributed by atoms with Crippen LogP contribution >= 0.6 is 0 Å². The van der Waals surface area contributed by atoms with Crippen molar-refractivity contribution >= 4 is 12.2 Å². The van der Waals surface area contributed by atoms with Gasteiger partial charge in [0.1, 0.15) is 35.9 Å². The second-order valence-corrected chi connectivity index (χ2v) is 6.83. The number of benzene rings is 2. The Kier molecular flexibility index (Phi) is 7.37. The van der Waals surface area contributed by atoms with E-state index in [2.05, 4.69) is 0 Å². The molecule has 0 amide bonds. The zero-order valence-corrected chi connectivity index (χ0v) is 15.8. The molecule has 0 aliphatic carbocycles. The molecular weight excluding hydrogens is 360 g/mol. The molecule has 2 aromatic carbocycles. The van der Waals surface area contributed by atoms with Crippen molar-refractivity contribution in [1.82, 2.24) is 0 Å². The van der Waals surface area contributed by atoms with Crippen molar-refractivity contribution in [3.63, 3.8) is 0 Å². The van der Waals surface area contributed by atoms with Crippen LogP contribution in [0.2, 0.25) is 0 Å². The van der Waals surface area contributed by atoms with Gasteiger partial charge >= 0.3 is 0 Å². The van der Waals surface area contributed by atoms with E-state index < -0.39 is 35.9 Å². The Morgan fingerprint density at radius 3 is 1.18 bits per heavy atom. The molecule has 6 heteroatoms. The van der Waals surface area contributed by atoms with E-state index in [0.29, 0.717) is 11.1 Å². The van der Waals surface area contributed by atoms with E-state index in [1.165, 1.54) is 12.2 Å². The normalized spacial score (nSPS) is 17.1. The maximum atomic E-state index is 10.1. The van der Waals surface area contributed by atoms with Crippen LogP contribution in [0.3, 0.4) is 0 Å². The van der Waals surface area contributed by atoms with Crippen LogP contribution in [0, 0.1) is 13.8 Å². The van der Waals surface area contributed by atoms with Crippen molar-refractivity contribution in [2.45, 2.75) is 38.3 Å². The summed E-state index contributed by atoms with van der Waals surface area (Å²) < 4.78 is 0. The summed E-state index contributed by atoms with van der Waals surface area (Å²) in [6.45, 7) is 3.81. The maximum absolute atomic E-state index is 10.1. The van der Waals surface area contributed by atoms with Crippen LogP contribution in [0.5, 0.6) is 0 Å². The highest BCUT2D eigenvalue weighted by Gasteiger charge is 2.34. The lowest BCUT2D eigenvalue weighted by atomic mass is 9.98. The molecule has 0 spiro atoms. The predicted octanol–water partition coefficient (Wildman–Crippen LogP) is 2.25. The Morgan fingerprint density at radius 1 is 0.607 bits per heavy atom. The highest BCUT2D eigenvalue weighted by atomic mass is 16.4. The summed E-state index contributed by atoms with van der Waals surface area (Å²) in [4.78, 5) is 0. The van der Waals surface area contributed by atoms with E-state index in [0.717, 1.165) is 11.1 Å². The smallest absolute Gasteiger partial charge is 0.139 e.